The third kappa shape index (κ3) is 4.94. The summed E-state index contributed by atoms with van der Waals surface area (Å²) in [5.41, 5.74) is 3.63. The van der Waals surface area contributed by atoms with E-state index < -0.39 is 21.0 Å². The predicted molar refractivity (Wildman–Crippen MR) is 136 cm³/mol. The van der Waals surface area contributed by atoms with E-state index >= 15 is 0 Å². The topological polar surface area (TPSA) is 138 Å². The first-order chi connectivity index (χ1) is 17.5. The standard InChI is InChI=1S/C24H29N5O6S/c1-2-35-27-22-9-6-18-16-20(7-8-21(18)22)34-15-5-3-4-12-28-13-14-29(19-10-11-25-26-17-19)36(28,23(30)31)24(32)33/h7-8,10-11,13-14,16-17H,2-6,9,12,15H2,1H3,(H,30,31)(H,32,33)/b27-22+. The van der Waals surface area contributed by atoms with Gasteiger partial charge < -0.3 is 24.1 Å². The Hall–Kier alpha value is -3.80. The summed E-state index contributed by atoms with van der Waals surface area (Å²) >= 11 is 0. The van der Waals surface area contributed by atoms with Crippen LogP contribution in [0.25, 0.3) is 0 Å². The molecule has 2 heterocycles. The highest BCUT2D eigenvalue weighted by Crippen LogP contribution is 2.61. The van der Waals surface area contributed by atoms with E-state index in [1.54, 1.807) is 0 Å². The summed E-state index contributed by atoms with van der Waals surface area (Å²) in [7, 11) is -3.41. The number of oxime groups is 1. The van der Waals surface area contributed by atoms with Gasteiger partial charge in [-0.3, -0.25) is 4.31 Å². The van der Waals surface area contributed by atoms with Gasteiger partial charge in [0.05, 0.1) is 30.4 Å². The van der Waals surface area contributed by atoms with Gasteiger partial charge in [-0.25, -0.2) is 9.59 Å². The van der Waals surface area contributed by atoms with Crippen molar-refractivity contribution in [3.63, 3.8) is 0 Å². The molecule has 2 aromatic rings. The zero-order valence-corrected chi connectivity index (χ0v) is 20.8. The van der Waals surface area contributed by atoms with Crippen molar-refractivity contribution in [2.75, 3.05) is 24.1 Å². The van der Waals surface area contributed by atoms with Crippen LogP contribution in [0.15, 0.2) is 54.2 Å². The molecule has 1 aliphatic carbocycles. The molecule has 4 rings (SSSR count). The van der Waals surface area contributed by atoms with E-state index in [0.717, 1.165) is 42.7 Å². The molecule has 36 heavy (non-hydrogen) atoms. The molecule has 0 fully saturated rings. The first kappa shape index (κ1) is 25.3. The van der Waals surface area contributed by atoms with Gasteiger partial charge in [0, 0.05) is 24.5 Å². The average molecular weight is 516 g/mol. The minimum Gasteiger partial charge on any atom is -0.494 e. The average Bonchev–Trinajstić information content (AvgIpc) is 3.47. The molecule has 0 amide bonds. The maximum Gasteiger partial charge on any atom is 0.393 e. The number of carbonyl (C=O) groups is 2. The van der Waals surface area contributed by atoms with Gasteiger partial charge in [-0.05, 0) is 68.9 Å². The van der Waals surface area contributed by atoms with Crippen molar-refractivity contribution in [2.24, 2.45) is 5.16 Å². The van der Waals surface area contributed by atoms with E-state index in [-0.39, 0.29) is 0 Å². The molecule has 0 spiro atoms. The number of carboxylic acid groups (broad SMARTS) is 2. The Kier molecular flexibility index (Phi) is 7.93. The number of fused-ring (bicyclic) bond motifs is 1. The van der Waals surface area contributed by atoms with Crippen molar-refractivity contribution >= 4 is 32.4 Å². The number of ether oxygens (including phenoxy) is 1. The number of hydrogen-bond acceptors (Lipinski definition) is 9. The van der Waals surface area contributed by atoms with Gasteiger partial charge in [-0.15, -0.1) is 0 Å². The Labute approximate surface area is 210 Å². The SMILES string of the molecule is CCO/N=C1\CCc2cc(OCCCCCN3C=CN(c4ccnnc4)S3(C(=O)O)C(=O)O)ccc21. The molecule has 1 aromatic heterocycles. The second kappa shape index (κ2) is 11.3. The predicted octanol–water partition coefficient (Wildman–Crippen LogP) is 5.00. The first-order valence-electron chi connectivity index (χ1n) is 11.7. The highest BCUT2D eigenvalue weighted by atomic mass is 32.3. The van der Waals surface area contributed by atoms with Crippen molar-refractivity contribution in [3.8, 4) is 5.75 Å². The van der Waals surface area contributed by atoms with E-state index in [0.29, 0.717) is 31.9 Å². The highest BCUT2D eigenvalue weighted by Gasteiger charge is 2.53. The van der Waals surface area contributed by atoms with Gasteiger partial charge in [0.15, 0.2) is 0 Å². The lowest BCUT2D eigenvalue weighted by molar-refractivity contribution is 0.158. The minimum absolute atomic E-state index is 0.292. The number of rotatable bonds is 10. The molecular formula is C24H29N5O6S. The summed E-state index contributed by atoms with van der Waals surface area (Å²) in [4.78, 5) is 29.7. The summed E-state index contributed by atoms with van der Waals surface area (Å²) < 4.78 is 8.60. The van der Waals surface area contributed by atoms with Crippen LogP contribution >= 0.6 is 10.4 Å². The summed E-state index contributed by atoms with van der Waals surface area (Å²) in [6.45, 7) is 3.26. The van der Waals surface area contributed by atoms with Crippen molar-refractivity contribution < 1.29 is 29.4 Å². The lowest BCUT2D eigenvalue weighted by Crippen LogP contribution is -2.39. The zero-order valence-electron chi connectivity index (χ0n) is 19.9. The molecule has 1 aliphatic heterocycles. The molecule has 0 saturated heterocycles. The number of nitrogens with zero attached hydrogens (tertiary/aromatic N) is 5. The molecule has 0 atom stereocenters. The summed E-state index contributed by atoms with van der Waals surface area (Å²) in [6.07, 6.45) is 9.66. The molecule has 2 N–H and O–H groups in total. The Morgan fingerprint density at radius 1 is 1.08 bits per heavy atom. The van der Waals surface area contributed by atoms with Crippen molar-refractivity contribution in [1.82, 2.24) is 14.5 Å². The smallest absolute Gasteiger partial charge is 0.393 e. The molecule has 11 nitrogen and oxygen atoms in total. The van der Waals surface area contributed by atoms with E-state index in [9.17, 15) is 19.8 Å². The molecule has 12 heteroatoms. The van der Waals surface area contributed by atoms with E-state index in [1.807, 2.05) is 25.1 Å². The number of unbranched alkanes of at least 4 members (excludes halogenated alkanes) is 2. The lowest BCUT2D eigenvalue weighted by Gasteiger charge is -2.42. The van der Waals surface area contributed by atoms with Crippen LogP contribution in [0.5, 0.6) is 5.75 Å². The molecule has 192 valence electrons. The van der Waals surface area contributed by atoms with Gasteiger partial charge in [0.1, 0.15) is 22.8 Å². The number of aromatic nitrogens is 2. The van der Waals surface area contributed by atoms with Crippen LogP contribution in [0.3, 0.4) is 0 Å². The monoisotopic (exact) mass is 515 g/mol. The lowest BCUT2D eigenvalue weighted by atomic mass is 10.1. The molecule has 0 saturated carbocycles. The van der Waals surface area contributed by atoms with Crippen molar-refractivity contribution in [3.05, 3.63) is 60.2 Å². The Bertz CT molecular complexity index is 1140. The van der Waals surface area contributed by atoms with Crippen LogP contribution in [0.4, 0.5) is 15.3 Å². The quantitative estimate of drug-likeness (QED) is 0.328. The third-order valence-electron chi connectivity index (χ3n) is 5.92. The van der Waals surface area contributed by atoms with Crippen LogP contribution in [0.2, 0.25) is 0 Å². The van der Waals surface area contributed by atoms with Gasteiger partial charge in [0.2, 0.25) is 0 Å². The number of hydrogen-bond donors (Lipinski definition) is 2. The molecule has 2 aliphatic rings. The minimum atomic E-state index is -3.41. The zero-order chi connectivity index (χ0) is 25.5. The maximum absolute atomic E-state index is 12.3. The number of benzene rings is 1. The summed E-state index contributed by atoms with van der Waals surface area (Å²) in [5, 5.41) is 28.8. The van der Waals surface area contributed by atoms with Crippen molar-refractivity contribution in [1.29, 1.82) is 0 Å². The largest absolute Gasteiger partial charge is 0.494 e. The van der Waals surface area contributed by atoms with Crippen LogP contribution in [-0.2, 0) is 11.3 Å². The first-order valence-corrected chi connectivity index (χ1v) is 13.3. The van der Waals surface area contributed by atoms with Crippen molar-refractivity contribution in [2.45, 2.75) is 39.0 Å². The van der Waals surface area contributed by atoms with Gasteiger partial charge in [0.25, 0.3) is 0 Å². The van der Waals surface area contributed by atoms with Gasteiger partial charge in [-0.1, -0.05) is 5.16 Å². The van der Waals surface area contributed by atoms with E-state index in [2.05, 4.69) is 15.4 Å². The van der Waals surface area contributed by atoms with Crippen LogP contribution in [0.1, 0.15) is 43.7 Å². The highest BCUT2D eigenvalue weighted by molar-refractivity contribution is 8.54. The molecule has 0 unspecified atom stereocenters. The Morgan fingerprint density at radius 3 is 2.64 bits per heavy atom. The van der Waals surface area contributed by atoms with Crippen LogP contribution in [-0.4, -0.2) is 60.8 Å². The fourth-order valence-corrected chi connectivity index (χ4v) is 6.62. The Balaban J connectivity index is 1.29. The molecule has 0 bridgehead atoms. The molecule has 1 aromatic carbocycles. The second-order valence-corrected chi connectivity index (χ2v) is 10.8. The van der Waals surface area contributed by atoms with Gasteiger partial charge in [-0.2, -0.15) is 10.2 Å². The Morgan fingerprint density at radius 2 is 1.92 bits per heavy atom. The van der Waals surface area contributed by atoms with Gasteiger partial charge >= 0.3 is 10.6 Å². The summed E-state index contributed by atoms with van der Waals surface area (Å²) in [5.74, 6) is 0.802. The normalized spacial score (nSPS) is 17.8. The number of anilines is 1. The number of aryl methyl sites for hydroxylation is 1. The molecule has 0 radical (unpaired) electrons. The maximum atomic E-state index is 12.3. The fraction of sp³-hybridized carbons (Fsp3) is 0.375. The van der Waals surface area contributed by atoms with E-state index in [1.165, 1.54) is 45.0 Å². The van der Waals surface area contributed by atoms with Crippen LogP contribution < -0.4 is 9.04 Å². The van der Waals surface area contributed by atoms with E-state index in [4.69, 9.17) is 9.57 Å². The summed E-state index contributed by atoms with van der Waals surface area (Å²) in [6, 6.07) is 7.52. The molecular weight excluding hydrogens is 486 g/mol. The fourth-order valence-electron chi connectivity index (χ4n) is 4.24. The van der Waals surface area contributed by atoms with Crippen LogP contribution in [0, 0.1) is 0 Å². The third-order valence-corrected chi connectivity index (χ3v) is 8.78. The second-order valence-electron chi connectivity index (χ2n) is 8.13.